The van der Waals surface area contributed by atoms with Crippen molar-refractivity contribution in [3.05, 3.63) is 88.5 Å². The molecular formula is C32H38N6O9. The van der Waals surface area contributed by atoms with E-state index >= 15 is 0 Å². The lowest BCUT2D eigenvalue weighted by atomic mass is 10.2. The Morgan fingerprint density at radius 2 is 1.57 bits per heavy atom. The highest BCUT2D eigenvalue weighted by Gasteiger charge is 2.22. The zero-order valence-corrected chi connectivity index (χ0v) is 26.0. The summed E-state index contributed by atoms with van der Waals surface area (Å²) in [7, 11) is 0. The molecule has 2 heterocycles. The number of carbonyl (C=O) groups is 3. The SMILES string of the molecule is C[C@H](COCCOCCOCc1ccccc1)CN(CC(=O)O)C(=O)Cn1cnc2c(=O)[nH]c(NC(=O)OCc3ccccc3)nc21. The van der Waals surface area contributed by atoms with Crippen LogP contribution in [0.3, 0.4) is 0 Å². The molecule has 0 spiro atoms. The Balaban J connectivity index is 1.23. The summed E-state index contributed by atoms with van der Waals surface area (Å²) in [5.41, 5.74) is 1.19. The van der Waals surface area contributed by atoms with E-state index in [1.165, 1.54) is 15.8 Å². The predicted molar refractivity (Wildman–Crippen MR) is 170 cm³/mol. The Kier molecular flexibility index (Phi) is 13.4. The number of fused-ring (bicyclic) bond motifs is 1. The molecule has 47 heavy (non-hydrogen) atoms. The summed E-state index contributed by atoms with van der Waals surface area (Å²) in [5.74, 6) is -2.10. The summed E-state index contributed by atoms with van der Waals surface area (Å²) in [5, 5.41) is 11.8. The van der Waals surface area contributed by atoms with Crippen LogP contribution < -0.4 is 10.9 Å². The molecule has 0 unspecified atom stereocenters. The first-order chi connectivity index (χ1) is 22.8. The van der Waals surface area contributed by atoms with E-state index in [1.807, 2.05) is 55.5 Å². The molecule has 0 aliphatic heterocycles. The molecule has 4 rings (SSSR count). The van der Waals surface area contributed by atoms with Crippen LogP contribution in [-0.4, -0.2) is 93.6 Å². The van der Waals surface area contributed by atoms with E-state index in [-0.39, 0.29) is 49.3 Å². The van der Waals surface area contributed by atoms with Gasteiger partial charge in [-0.05, 0) is 17.0 Å². The largest absolute Gasteiger partial charge is 0.480 e. The van der Waals surface area contributed by atoms with Gasteiger partial charge in [0.2, 0.25) is 11.9 Å². The number of carboxylic acid groups (broad SMARTS) is 1. The van der Waals surface area contributed by atoms with Gasteiger partial charge in [-0.1, -0.05) is 67.6 Å². The van der Waals surface area contributed by atoms with E-state index in [0.717, 1.165) is 11.1 Å². The number of aliphatic carboxylic acids is 1. The highest BCUT2D eigenvalue weighted by molar-refractivity contribution is 5.85. The molecule has 0 aliphatic rings. The number of anilines is 1. The summed E-state index contributed by atoms with van der Waals surface area (Å²) in [6.07, 6.45) is 0.405. The van der Waals surface area contributed by atoms with Crippen LogP contribution in [0.15, 0.2) is 71.8 Å². The number of nitrogens with zero attached hydrogens (tertiary/aromatic N) is 4. The van der Waals surface area contributed by atoms with Crippen molar-refractivity contribution in [2.24, 2.45) is 5.92 Å². The Morgan fingerprint density at radius 3 is 2.26 bits per heavy atom. The van der Waals surface area contributed by atoms with Crippen LogP contribution in [0.25, 0.3) is 11.2 Å². The number of carboxylic acids is 1. The summed E-state index contributed by atoms with van der Waals surface area (Å²) in [6.45, 7) is 3.43. The van der Waals surface area contributed by atoms with Gasteiger partial charge in [-0.3, -0.25) is 24.7 Å². The van der Waals surface area contributed by atoms with Crippen molar-refractivity contribution in [3.63, 3.8) is 0 Å². The third kappa shape index (κ3) is 11.6. The number of hydrogen-bond donors (Lipinski definition) is 3. The number of benzene rings is 2. The summed E-state index contributed by atoms with van der Waals surface area (Å²) in [4.78, 5) is 61.5. The Hall–Kier alpha value is -5.12. The second-order valence-corrected chi connectivity index (χ2v) is 10.6. The van der Waals surface area contributed by atoms with Crippen molar-refractivity contribution in [1.82, 2.24) is 24.4 Å². The first kappa shape index (κ1) is 34.7. The van der Waals surface area contributed by atoms with Gasteiger partial charge < -0.3 is 33.5 Å². The number of hydrogen-bond acceptors (Lipinski definition) is 10. The number of amides is 2. The molecule has 3 N–H and O–H groups in total. The zero-order valence-electron chi connectivity index (χ0n) is 26.0. The van der Waals surface area contributed by atoms with Crippen molar-refractivity contribution in [2.45, 2.75) is 26.7 Å². The van der Waals surface area contributed by atoms with Gasteiger partial charge >= 0.3 is 12.1 Å². The normalized spacial score (nSPS) is 11.7. The highest BCUT2D eigenvalue weighted by Crippen LogP contribution is 2.11. The van der Waals surface area contributed by atoms with Crippen LogP contribution in [0, 0.1) is 5.92 Å². The van der Waals surface area contributed by atoms with E-state index in [0.29, 0.717) is 33.0 Å². The average Bonchev–Trinajstić information content (AvgIpc) is 3.46. The Morgan fingerprint density at radius 1 is 0.936 bits per heavy atom. The van der Waals surface area contributed by atoms with Crippen LogP contribution >= 0.6 is 0 Å². The van der Waals surface area contributed by atoms with Crippen molar-refractivity contribution >= 4 is 35.1 Å². The van der Waals surface area contributed by atoms with Crippen LogP contribution in [0.2, 0.25) is 0 Å². The molecule has 2 amide bonds. The summed E-state index contributed by atoms with van der Waals surface area (Å²) in [6, 6.07) is 18.9. The first-order valence-electron chi connectivity index (χ1n) is 15.0. The minimum Gasteiger partial charge on any atom is -0.480 e. The second kappa shape index (κ2) is 18.1. The molecule has 0 radical (unpaired) electrons. The molecule has 250 valence electrons. The molecule has 1 atom stereocenters. The maximum atomic E-state index is 13.2. The van der Waals surface area contributed by atoms with E-state index in [1.54, 1.807) is 12.1 Å². The van der Waals surface area contributed by atoms with Gasteiger partial charge in [0.05, 0.1) is 46.0 Å². The van der Waals surface area contributed by atoms with Gasteiger partial charge in [0.25, 0.3) is 5.56 Å². The maximum Gasteiger partial charge on any atom is 0.414 e. The van der Waals surface area contributed by atoms with E-state index < -0.39 is 30.1 Å². The van der Waals surface area contributed by atoms with E-state index in [4.69, 9.17) is 18.9 Å². The predicted octanol–water partition coefficient (Wildman–Crippen LogP) is 2.67. The smallest absolute Gasteiger partial charge is 0.414 e. The van der Waals surface area contributed by atoms with Crippen molar-refractivity contribution in [3.8, 4) is 0 Å². The molecular weight excluding hydrogens is 612 g/mol. The monoisotopic (exact) mass is 650 g/mol. The van der Waals surface area contributed by atoms with Gasteiger partial charge in [0, 0.05) is 6.54 Å². The molecule has 15 nitrogen and oxygen atoms in total. The van der Waals surface area contributed by atoms with Gasteiger partial charge in [0.1, 0.15) is 19.7 Å². The summed E-state index contributed by atoms with van der Waals surface area (Å²) < 4.78 is 23.2. The molecule has 2 aromatic heterocycles. The van der Waals surface area contributed by atoms with Gasteiger partial charge in [-0.25, -0.2) is 9.78 Å². The van der Waals surface area contributed by atoms with Crippen LogP contribution in [0.5, 0.6) is 0 Å². The molecule has 0 fully saturated rings. The number of H-pyrrole nitrogens is 1. The lowest BCUT2D eigenvalue weighted by Gasteiger charge is -2.24. The fourth-order valence-corrected chi connectivity index (χ4v) is 4.46. The van der Waals surface area contributed by atoms with Crippen LogP contribution in [0.1, 0.15) is 18.1 Å². The number of rotatable bonds is 19. The molecule has 0 saturated carbocycles. The van der Waals surface area contributed by atoms with Crippen molar-refractivity contribution in [1.29, 1.82) is 0 Å². The van der Waals surface area contributed by atoms with Gasteiger partial charge in [-0.15, -0.1) is 0 Å². The molecule has 2 aromatic carbocycles. The number of aromatic amines is 1. The minimum atomic E-state index is -1.18. The minimum absolute atomic E-state index is 0.00718. The third-order valence-corrected chi connectivity index (χ3v) is 6.68. The zero-order chi connectivity index (χ0) is 33.4. The number of aromatic nitrogens is 4. The molecule has 0 bridgehead atoms. The highest BCUT2D eigenvalue weighted by atomic mass is 16.6. The van der Waals surface area contributed by atoms with Gasteiger partial charge in [0.15, 0.2) is 11.2 Å². The summed E-state index contributed by atoms with van der Waals surface area (Å²) >= 11 is 0. The van der Waals surface area contributed by atoms with E-state index in [2.05, 4.69) is 20.3 Å². The number of ether oxygens (including phenoxy) is 4. The number of imidazole rings is 1. The lowest BCUT2D eigenvalue weighted by Crippen LogP contribution is -2.41. The van der Waals surface area contributed by atoms with Crippen LogP contribution in [-0.2, 0) is 48.3 Å². The second-order valence-electron chi connectivity index (χ2n) is 10.6. The molecule has 0 saturated heterocycles. The molecule has 0 aliphatic carbocycles. The van der Waals surface area contributed by atoms with Crippen LogP contribution in [0.4, 0.5) is 10.7 Å². The average molecular weight is 651 g/mol. The van der Waals surface area contributed by atoms with Crippen molar-refractivity contribution in [2.75, 3.05) is 51.4 Å². The standard InChI is InChI=1S/C32H38N6O9/c1-23(19-45-14-12-44-13-15-46-20-24-8-4-2-5-9-24)16-37(18-27(40)41)26(39)17-38-22-33-28-29(38)34-31(35-30(28)42)36-32(43)47-21-25-10-6-3-7-11-25/h2-11,22-23H,12-21H2,1H3,(H,40,41)(H2,34,35,36,42,43)/t23-/m0/s1. The van der Waals surface area contributed by atoms with Crippen molar-refractivity contribution < 1.29 is 38.4 Å². The number of nitrogens with one attached hydrogen (secondary N) is 2. The first-order valence-corrected chi connectivity index (χ1v) is 15.0. The molecule has 15 heteroatoms. The fourth-order valence-electron chi connectivity index (χ4n) is 4.46. The Bertz CT molecular complexity index is 1650. The topological polar surface area (TPSA) is 187 Å². The van der Waals surface area contributed by atoms with Gasteiger partial charge in [-0.2, -0.15) is 4.98 Å². The third-order valence-electron chi connectivity index (χ3n) is 6.68. The Labute approximate surface area is 270 Å². The molecule has 4 aromatic rings. The lowest BCUT2D eigenvalue weighted by molar-refractivity contribution is -0.145. The van der Waals surface area contributed by atoms with E-state index in [9.17, 15) is 24.3 Å². The number of carbonyl (C=O) groups excluding carboxylic acids is 2. The quantitative estimate of drug-likeness (QED) is 0.127. The fraction of sp³-hybridized carbons (Fsp3) is 0.375. The maximum absolute atomic E-state index is 13.2.